The topological polar surface area (TPSA) is 109 Å². The van der Waals surface area contributed by atoms with Crippen LogP contribution in [-0.2, 0) is 0 Å². The van der Waals surface area contributed by atoms with Crippen LogP contribution in [0.15, 0.2) is 59.4 Å². The average Bonchev–Trinajstić information content (AvgIpc) is 3.02. The molecule has 1 aromatic carbocycles. The summed E-state index contributed by atoms with van der Waals surface area (Å²) in [6.45, 7) is 1.73. The second kappa shape index (κ2) is 7.26. The number of nitrogens with one attached hydrogen (secondary N) is 3. The number of pyridine rings is 1. The zero-order valence-corrected chi connectivity index (χ0v) is 13.3. The highest BCUT2D eigenvalue weighted by Gasteiger charge is 2.08. The monoisotopic (exact) mass is 337 g/mol. The van der Waals surface area contributed by atoms with E-state index in [9.17, 15) is 9.59 Å². The first-order valence-electron chi connectivity index (χ1n) is 7.43. The molecule has 25 heavy (non-hydrogen) atoms. The maximum Gasteiger partial charge on any atom is 0.324 e. The third kappa shape index (κ3) is 4.41. The summed E-state index contributed by atoms with van der Waals surface area (Å²) in [5.41, 5.74) is 1.69. The summed E-state index contributed by atoms with van der Waals surface area (Å²) in [6, 6.07) is 11.1. The Kier molecular flexibility index (Phi) is 4.70. The highest BCUT2D eigenvalue weighted by Crippen LogP contribution is 2.15. The van der Waals surface area contributed by atoms with Gasteiger partial charge in [0.15, 0.2) is 5.82 Å². The van der Waals surface area contributed by atoms with Gasteiger partial charge in [-0.3, -0.25) is 15.1 Å². The molecule has 3 aromatic rings. The zero-order chi connectivity index (χ0) is 17.6. The van der Waals surface area contributed by atoms with Gasteiger partial charge in [-0.2, -0.15) is 0 Å². The molecule has 3 amide bonds. The molecule has 0 atom stereocenters. The van der Waals surface area contributed by atoms with E-state index in [1.54, 1.807) is 61.8 Å². The van der Waals surface area contributed by atoms with E-state index >= 15 is 0 Å². The summed E-state index contributed by atoms with van der Waals surface area (Å²) < 4.78 is 4.87. The van der Waals surface area contributed by atoms with Gasteiger partial charge in [0.1, 0.15) is 5.76 Å². The van der Waals surface area contributed by atoms with Crippen LogP contribution < -0.4 is 16.0 Å². The van der Waals surface area contributed by atoms with Crippen molar-refractivity contribution in [2.45, 2.75) is 6.92 Å². The molecule has 2 aromatic heterocycles. The van der Waals surface area contributed by atoms with E-state index in [0.717, 1.165) is 0 Å². The molecule has 0 bridgehead atoms. The van der Waals surface area contributed by atoms with Crippen molar-refractivity contribution in [1.82, 2.24) is 10.1 Å². The van der Waals surface area contributed by atoms with Crippen molar-refractivity contribution in [3.05, 3.63) is 66.2 Å². The van der Waals surface area contributed by atoms with Gasteiger partial charge in [-0.25, -0.2) is 4.79 Å². The van der Waals surface area contributed by atoms with E-state index < -0.39 is 6.03 Å². The Labute approximate surface area is 143 Å². The Morgan fingerprint density at radius 2 is 1.56 bits per heavy atom. The van der Waals surface area contributed by atoms with Crippen molar-refractivity contribution in [2.75, 3.05) is 16.0 Å². The van der Waals surface area contributed by atoms with Gasteiger partial charge in [0.05, 0.1) is 0 Å². The summed E-state index contributed by atoms with van der Waals surface area (Å²) >= 11 is 0. The lowest BCUT2D eigenvalue weighted by atomic mass is 10.2. The van der Waals surface area contributed by atoms with Crippen LogP contribution in [0.25, 0.3) is 0 Å². The predicted molar refractivity (Wildman–Crippen MR) is 92.5 cm³/mol. The van der Waals surface area contributed by atoms with E-state index in [2.05, 4.69) is 26.1 Å². The molecule has 0 saturated heterocycles. The molecule has 0 unspecified atom stereocenters. The molecule has 0 aliphatic rings. The van der Waals surface area contributed by atoms with E-state index in [1.807, 2.05) is 0 Å². The molecule has 8 nitrogen and oxygen atoms in total. The highest BCUT2D eigenvalue weighted by atomic mass is 16.5. The molecule has 3 rings (SSSR count). The van der Waals surface area contributed by atoms with E-state index in [0.29, 0.717) is 28.5 Å². The van der Waals surface area contributed by atoms with Crippen LogP contribution in [0.3, 0.4) is 0 Å². The van der Waals surface area contributed by atoms with Gasteiger partial charge < -0.3 is 15.2 Å². The minimum Gasteiger partial charge on any atom is -0.360 e. The van der Waals surface area contributed by atoms with Gasteiger partial charge in [-0.05, 0) is 43.3 Å². The van der Waals surface area contributed by atoms with Gasteiger partial charge in [-0.15, -0.1) is 0 Å². The number of amides is 3. The number of benzene rings is 1. The Hall–Kier alpha value is -3.68. The van der Waals surface area contributed by atoms with Crippen LogP contribution in [0.1, 0.15) is 16.1 Å². The van der Waals surface area contributed by atoms with Gasteiger partial charge in [0.2, 0.25) is 0 Å². The van der Waals surface area contributed by atoms with Crippen molar-refractivity contribution >= 4 is 29.1 Å². The van der Waals surface area contributed by atoms with Crippen molar-refractivity contribution in [3.8, 4) is 0 Å². The Morgan fingerprint density at radius 1 is 0.920 bits per heavy atom. The van der Waals surface area contributed by atoms with Crippen LogP contribution in [0.2, 0.25) is 0 Å². The average molecular weight is 337 g/mol. The predicted octanol–water partition coefficient (Wildman–Crippen LogP) is 3.27. The Bertz CT molecular complexity index is 875. The summed E-state index contributed by atoms with van der Waals surface area (Å²) in [4.78, 5) is 27.8. The van der Waals surface area contributed by atoms with E-state index in [-0.39, 0.29) is 5.91 Å². The van der Waals surface area contributed by atoms with Gasteiger partial charge in [-0.1, -0.05) is 5.16 Å². The quantitative estimate of drug-likeness (QED) is 0.677. The molecule has 2 heterocycles. The van der Waals surface area contributed by atoms with Gasteiger partial charge in [0.25, 0.3) is 5.91 Å². The number of anilines is 3. The fourth-order valence-electron chi connectivity index (χ4n) is 2.05. The molecule has 0 fully saturated rings. The van der Waals surface area contributed by atoms with Crippen LogP contribution in [0.5, 0.6) is 0 Å². The molecule has 0 aliphatic carbocycles. The number of urea groups is 1. The first-order chi connectivity index (χ1) is 12.1. The molecular weight excluding hydrogens is 322 g/mol. The molecule has 3 N–H and O–H groups in total. The molecule has 8 heteroatoms. The minimum atomic E-state index is -0.443. The van der Waals surface area contributed by atoms with Crippen LogP contribution in [0, 0.1) is 6.92 Å². The maximum absolute atomic E-state index is 12.0. The number of carbonyl (C=O) groups is 2. The number of rotatable bonds is 4. The summed E-state index contributed by atoms with van der Waals surface area (Å²) in [7, 11) is 0. The molecule has 0 spiro atoms. The van der Waals surface area contributed by atoms with E-state index in [4.69, 9.17) is 4.52 Å². The Balaban J connectivity index is 1.56. The SMILES string of the molecule is Cc1cc(NC(=O)Nc2ccc(NC(=O)c3ccncc3)cc2)no1. The minimum absolute atomic E-state index is 0.234. The normalized spacial score (nSPS) is 10.1. The summed E-state index contributed by atoms with van der Waals surface area (Å²) in [5, 5.41) is 11.6. The third-order valence-electron chi connectivity index (χ3n) is 3.21. The molecular formula is C17H15N5O3. The second-order valence-corrected chi connectivity index (χ2v) is 5.17. The second-order valence-electron chi connectivity index (χ2n) is 5.17. The van der Waals surface area contributed by atoms with Crippen molar-refractivity contribution < 1.29 is 14.1 Å². The third-order valence-corrected chi connectivity index (χ3v) is 3.21. The largest absolute Gasteiger partial charge is 0.360 e. The smallest absolute Gasteiger partial charge is 0.324 e. The molecule has 0 aliphatic heterocycles. The van der Waals surface area contributed by atoms with Crippen molar-refractivity contribution in [2.24, 2.45) is 0 Å². The summed E-state index contributed by atoms with van der Waals surface area (Å²) in [5.74, 6) is 0.697. The van der Waals surface area contributed by atoms with Crippen molar-refractivity contribution in [1.29, 1.82) is 0 Å². The highest BCUT2D eigenvalue weighted by molar-refractivity contribution is 6.04. The maximum atomic E-state index is 12.0. The van der Waals surface area contributed by atoms with Crippen LogP contribution in [0.4, 0.5) is 22.0 Å². The van der Waals surface area contributed by atoms with E-state index in [1.165, 1.54) is 0 Å². The van der Waals surface area contributed by atoms with Gasteiger partial charge in [0, 0.05) is 35.4 Å². The first kappa shape index (κ1) is 16.2. The number of aromatic nitrogens is 2. The van der Waals surface area contributed by atoms with Crippen molar-refractivity contribution in [3.63, 3.8) is 0 Å². The zero-order valence-electron chi connectivity index (χ0n) is 13.3. The fourth-order valence-corrected chi connectivity index (χ4v) is 2.05. The number of aryl methyl sites for hydroxylation is 1. The number of hydrogen-bond acceptors (Lipinski definition) is 5. The number of nitrogens with zero attached hydrogens (tertiary/aromatic N) is 2. The fraction of sp³-hybridized carbons (Fsp3) is 0.0588. The lowest BCUT2D eigenvalue weighted by molar-refractivity contribution is 0.102. The molecule has 0 saturated carbocycles. The summed E-state index contributed by atoms with van der Waals surface area (Å²) in [6.07, 6.45) is 3.10. The lowest BCUT2D eigenvalue weighted by Gasteiger charge is -2.08. The van der Waals surface area contributed by atoms with Crippen LogP contribution in [-0.4, -0.2) is 22.1 Å². The number of hydrogen-bond donors (Lipinski definition) is 3. The standard InChI is InChI=1S/C17H15N5O3/c1-11-10-15(22-25-11)21-17(24)20-14-4-2-13(3-5-14)19-16(23)12-6-8-18-9-7-12/h2-10H,1H3,(H,19,23)(H2,20,21,22,24). The van der Waals surface area contributed by atoms with Gasteiger partial charge >= 0.3 is 6.03 Å². The molecule has 0 radical (unpaired) electrons. The van der Waals surface area contributed by atoms with Crippen LogP contribution >= 0.6 is 0 Å². The molecule has 126 valence electrons. The lowest BCUT2D eigenvalue weighted by Crippen LogP contribution is -2.19. The first-order valence-corrected chi connectivity index (χ1v) is 7.43. The Morgan fingerprint density at radius 3 is 2.16 bits per heavy atom. The number of carbonyl (C=O) groups excluding carboxylic acids is 2.